The van der Waals surface area contributed by atoms with Gasteiger partial charge in [0.05, 0.1) is 4.92 Å². The first-order valence-electron chi connectivity index (χ1n) is 7.26. The van der Waals surface area contributed by atoms with Crippen molar-refractivity contribution in [3.05, 3.63) is 88.6 Å². The first-order valence-corrected chi connectivity index (χ1v) is 7.26. The van der Waals surface area contributed by atoms with E-state index in [0.29, 0.717) is 17.4 Å². The highest BCUT2D eigenvalue weighted by molar-refractivity contribution is 5.36. The highest BCUT2D eigenvalue weighted by Gasteiger charge is 2.06. The molecule has 0 saturated carbocycles. The normalized spacial score (nSPS) is 10.2. The standard InChI is InChI=1S/C18H14N2O4/c21-20(22)15-5-3-4-14(12-15)13-23-16-7-9-17(10-8-16)24-18-6-1-2-11-19-18/h1-12H,13H2. The van der Waals surface area contributed by atoms with Gasteiger partial charge in [-0.25, -0.2) is 4.98 Å². The lowest BCUT2D eigenvalue weighted by Gasteiger charge is -2.08. The summed E-state index contributed by atoms with van der Waals surface area (Å²) in [4.78, 5) is 14.4. The Kier molecular flexibility index (Phi) is 4.67. The average Bonchev–Trinajstić information content (AvgIpc) is 2.62. The van der Waals surface area contributed by atoms with Gasteiger partial charge in [0.1, 0.15) is 18.1 Å². The van der Waals surface area contributed by atoms with Gasteiger partial charge in [0.25, 0.3) is 5.69 Å². The van der Waals surface area contributed by atoms with E-state index in [0.717, 1.165) is 5.56 Å². The number of aromatic nitrogens is 1. The van der Waals surface area contributed by atoms with E-state index in [2.05, 4.69) is 4.98 Å². The molecule has 0 aliphatic carbocycles. The van der Waals surface area contributed by atoms with Gasteiger partial charge in [-0.2, -0.15) is 0 Å². The molecule has 6 heteroatoms. The predicted octanol–water partition coefficient (Wildman–Crippen LogP) is 4.36. The maximum absolute atomic E-state index is 10.8. The molecule has 3 rings (SSSR count). The predicted molar refractivity (Wildman–Crippen MR) is 88.2 cm³/mol. The number of nitro groups is 1. The molecule has 0 aliphatic heterocycles. The van der Waals surface area contributed by atoms with Gasteiger partial charge < -0.3 is 9.47 Å². The summed E-state index contributed by atoms with van der Waals surface area (Å²) < 4.78 is 11.2. The summed E-state index contributed by atoms with van der Waals surface area (Å²) in [5, 5.41) is 10.8. The van der Waals surface area contributed by atoms with E-state index < -0.39 is 4.92 Å². The van der Waals surface area contributed by atoms with Crippen molar-refractivity contribution >= 4 is 5.69 Å². The van der Waals surface area contributed by atoms with Gasteiger partial charge in [0, 0.05) is 24.4 Å². The zero-order valence-electron chi connectivity index (χ0n) is 12.7. The largest absolute Gasteiger partial charge is 0.489 e. The number of benzene rings is 2. The van der Waals surface area contributed by atoms with Crippen LogP contribution < -0.4 is 9.47 Å². The molecule has 0 spiro atoms. The van der Waals surface area contributed by atoms with Crippen molar-refractivity contribution in [2.75, 3.05) is 0 Å². The first kappa shape index (κ1) is 15.5. The second-order valence-corrected chi connectivity index (χ2v) is 4.96. The van der Waals surface area contributed by atoms with Gasteiger partial charge in [0.15, 0.2) is 0 Å². The maximum atomic E-state index is 10.8. The molecule has 3 aromatic rings. The Morgan fingerprint density at radius 2 is 1.75 bits per heavy atom. The van der Waals surface area contributed by atoms with Gasteiger partial charge in [-0.1, -0.05) is 18.2 Å². The molecule has 0 saturated heterocycles. The third kappa shape index (κ3) is 4.07. The smallest absolute Gasteiger partial charge is 0.269 e. The van der Waals surface area contributed by atoms with Crippen LogP contribution in [0.4, 0.5) is 5.69 Å². The van der Waals surface area contributed by atoms with Crippen molar-refractivity contribution in [2.45, 2.75) is 6.61 Å². The molecule has 0 atom stereocenters. The average molecular weight is 322 g/mol. The monoisotopic (exact) mass is 322 g/mol. The van der Waals surface area contributed by atoms with E-state index in [-0.39, 0.29) is 12.3 Å². The molecule has 1 aromatic heterocycles. The molecule has 0 radical (unpaired) electrons. The second-order valence-electron chi connectivity index (χ2n) is 4.96. The van der Waals surface area contributed by atoms with Gasteiger partial charge in [-0.05, 0) is 35.9 Å². The summed E-state index contributed by atoms with van der Waals surface area (Å²) in [6.07, 6.45) is 1.66. The Morgan fingerprint density at radius 1 is 0.958 bits per heavy atom. The Bertz CT molecular complexity index is 820. The Labute approximate surface area is 138 Å². The number of hydrogen-bond donors (Lipinski definition) is 0. The number of nitro benzene ring substituents is 1. The lowest BCUT2D eigenvalue weighted by molar-refractivity contribution is -0.384. The molecular formula is C18H14N2O4. The molecule has 0 amide bonds. The fourth-order valence-corrected chi connectivity index (χ4v) is 2.06. The molecule has 24 heavy (non-hydrogen) atoms. The minimum Gasteiger partial charge on any atom is -0.489 e. The summed E-state index contributed by atoms with van der Waals surface area (Å²) >= 11 is 0. The number of ether oxygens (including phenoxy) is 2. The van der Waals surface area contributed by atoms with E-state index in [1.807, 2.05) is 12.1 Å². The molecule has 1 heterocycles. The van der Waals surface area contributed by atoms with Gasteiger partial charge in [-0.3, -0.25) is 10.1 Å². The van der Waals surface area contributed by atoms with Crippen LogP contribution in [0.5, 0.6) is 17.4 Å². The Hall–Kier alpha value is -3.41. The zero-order valence-corrected chi connectivity index (χ0v) is 12.7. The SMILES string of the molecule is O=[N+]([O-])c1cccc(COc2ccc(Oc3ccccn3)cc2)c1. The van der Waals surface area contributed by atoms with Crippen LogP contribution in [0, 0.1) is 10.1 Å². The number of nitrogens with zero attached hydrogens (tertiary/aromatic N) is 2. The molecule has 0 N–H and O–H groups in total. The molecule has 2 aromatic carbocycles. The molecule has 120 valence electrons. The number of non-ortho nitro benzene ring substituents is 1. The number of rotatable bonds is 6. The van der Waals surface area contributed by atoms with Crippen LogP contribution in [0.25, 0.3) is 0 Å². The van der Waals surface area contributed by atoms with Crippen LogP contribution in [0.15, 0.2) is 72.9 Å². The Morgan fingerprint density at radius 3 is 2.46 bits per heavy atom. The number of pyridine rings is 1. The van der Waals surface area contributed by atoms with Crippen molar-refractivity contribution in [2.24, 2.45) is 0 Å². The van der Waals surface area contributed by atoms with Crippen molar-refractivity contribution in [3.63, 3.8) is 0 Å². The fourth-order valence-electron chi connectivity index (χ4n) is 2.06. The molecule has 6 nitrogen and oxygen atoms in total. The number of hydrogen-bond acceptors (Lipinski definition) is 5. The first-order chi connectivity index (χ1) is 11.7. The molecular weight excluding hydrogens is 308 g/mol. The highest BCUT2D eigenvalue weighted by atomic mass is 16.6. The van der Waals surface area contributed by atoms with E-state index >= 15 is 0 Å². The third-order valence-corrected chi connectivity index (χ3v) is 3.21. The van der Waals surface area contributed by atoms with Crippen molar-refractivity contribution in [3.8, 4) is 17.4 Å². The van der Waals surface area contributed by atoms with Crippen LogP contribution >= 0.6 is 0 Å². The van der Waals surface area contributed by atoms with E-state index in [4.69, 9.17) is 9.47 Å². The van der Waals surface area contributed by atoms with E-state index in [9.17, 15) is 10.1 Å². The van der Waals surface area contributed by atoms with Crippen LogP contribution in [0.3, 0.4) is 0 Å². The minimum atomic E-state index is -0.423. The van der Waals surface area contributed by atoms with E-state index in [1.54, 1.807) is 48.7 Å². The van der Waals surface area contributed by atoms with Crippen LogP contribution in [0.1, 0.15) is 5.56 Å². The zero-order chi connectivity index (χ0) is 16.8. The van der Waals surface area contributed by atoms with Crippen LogP contribution in [-0.2, 0) is 6.61 Å². The highest BCUT2D eigenvalue weighted by Crippen LogP contribution is 2.23. The summed E-state index contributed by atoms with van der Waals surface area (Å²) in [5.41, 5.74) is 0.785. The third-order valence-electron chi connectivity index (χ3n) is 3.21. The second kappa shape index (κ2) is 7.23. The van der Waals surface area contributed by atoms with Gasteiger partial charge in [0.2, 0.25) is 5.88 Å². The van der Waals surface area contributed by atoms with Crippen molar-refractivity contribution < 1.29 is 14.4 Å². The van der Waals surface area contributed by atoms with Gasteiger partial charge >= 0.3 is 0 Å². The lowest BCUT2D eigenvalue weighted by Crippen LogP contribution is -1.97. The summed E-state index contributed by atoms with van der Waals surface area (Å²) in [6, 6.07) is 18.9. The summed E-state index contributed by atoms with van der Waals surface area (Å²) in [5.74, 6) is 1.81. The van der Waals surface area contributed by atoms with Gasteiger partial charge in [-0.15, -0.1) is 0 Å². The summed E-state index contributed by atoms with van der Waals surface area (Å²) in [7, 11) is 0. The molecule has 0 fully saturated rings. The quantitative estimate of drug-likeness (QED) is 0.498. The molecule has 0 bridgehead atoms. The lowest BCUT2D eigenvalue weighted by atomic mass is 10.2. The van der Waals surface area contributed by atoms with Crippen molar-refractivity contribution in [1.29, 1.82) is 0 Å². The topological polar surface area (TPSA) is 74.5 Å². The molecule has 0 aliphatic rings. The Balaban J connectivity index is 1.60. The molecule has 0 unspecified atom stereocenters. The fraction of sp³-hybridized carbons (Fsp3) is 0.0556. The van der Waals surface area contributed by atoms with Crippen molar-refractivity contribution in [1.82, 2.24) is 4.98 Å². The van der Waals surface area contributed by atoms with Crippen LogP contribution in [0.2, 0.25) is 0 Å². The van der Waals surface area contributed by atoms with Crippen LogP contribution in [-0.4, -0.2) is 9.91 Å². The minimum absolute atomic E-state index is 0.0511. The summed E-state index contributed by atoms with van der Waals surface area (Å²) in [6.45, 7) is 0.252. The maximum Gasteiger partial charge on any atom is 0.269 e. The van der Waals surface area contributed by atoms with E-state index in [1.165, 1.54) is 12.1 Å².